The summed E-state index contributed by atoms with van der Waals surface area (Å²) in [6, 6.07) is 0. The van der Waals surface area contributed by atoms with Gasteiger partial charge >= 0.3 is 6.09 Å². The Labute approximate surface area is 95.8 Å². The number of aliphatic hydroxyl groups is 2. The maximum absolute atomic E-state index is 11.4. The molecule has 1 aliphatic carbocycles. The number of carbonyl (C=O) groups excluding carboxylic acids is 1. The average Bonchev–Trinajstić information content (AvgIpc) is 2.30. The van der Waals surface area contributed by atoms with Crippen molar-refractivity contribution < 1.29 is 19.7 Å². The summed E-state index contributed by atoms with van der Waals surface area (Å²) in [5.41, 5.74) is -0.529. The van der Waals surface area contributed by atoms with Gasteiger partial charge in [0.15, 0.2) is 0 Å². The van der Waals surface area contributed by atoms with Crippen molar-refractivity contribution in [3.05, 3.63) is 0 Å². The van der Waals surface area contributed by atoms with Crippen LogP contribution < -0.4 is 5.32 Å². The molecular formula is C11H21NO4. The quantitative estimate of drug-likeness (QED) is 0.663. The third-order valence-corrected chi connectivity index (χ3v) is 3.23. The maximum Gasteiger partial charge on any atom is 0.407 e. The summed E-state index contributed by atoms with van der Waals surface area (Å²) in [6.07, 6.45) is 3.00. The van der Waals surface area contributed by atoms with Gasteiger partial charge in [0.05, 0.1) is 18.8 Å². The number of carbonyl (C=O) groups is 1. The zero-order valence-corrected chi connectivity index (χ0v) is 9.74. The molecular weight excluding hydrogens is 210 g/mol. The summed E-state index contributed by atoms with van der Waals surface area (Å²) in [7, 11) is 0. The standard InChI is InChI=1S/C11H21NO4/c1-9-2-4-11(8-14,5-3-9)12-10(15)16-7-6-13/h9,13-14H,2-8H2,1H3,(H,12,15). The fraction of sp³-hybridized carbons (Fsp3) is 0.909. The molecule has 5 heteroatoms. The van der Waals surface area contributed by atoms with Gasteiger partial charge in [0.1, 0.15) is 6.61 Å². The van der Waals surface area contributed by atoms with Crippen LogP contribution in [0.1, 0.15) is 32.6 Å². The van der Waals surface area contributed by atoms with Crippen LogP contribution in [0.15, 0.2) is 0 Å². The van der Waals surface area contributed by atoms with Crippen LogP contribution in [0.3, 0.4) is 0 Å². The van der Waals surface area contributed by atoms with E-state index in [0.29, 0.717) is 5.92 Å². The van der Waals surface area contributed by atoms with Gasteiger partial charge < -0.3 is 20.3 Å². The van der Waals surface area contributed by atoms with E-state index in [0.717, 1.165) is 25.7 Å². The number of hydrogen-bond donors (Lipinski definition) is 3. The van der Waals surface area contributed by atoms with Crippen molar-refractivity contribution in [3.63, 3.8) is 0 Å². The topological polar surface area (TPSA) is 78.8 Å². The van der Waals surface area contributed by atoms with Gasteiger partial charge in [-0.25, -0.2) is 4.79 Å². The first-order valence-electron chi connectivity index (χ1n) is 5.78. The predicted molar refractivity (Wildman–Crippen MR) is 59.0 cm³/mol. The molecule has 0 aromatic carbocycles. The molecule has 1 aliphatic rings. The van der Waals surface area contributed by atoms with E-state index in [4.69, 9.17) is 9.84 Å². The van der Waals surface area contributed by atoms with Crippen LogP contribution >= 0.6 is 0 Å². The number of alkyl carbamates (subject to hydrolysis) is 1. The van der Waals surface area contributed by atoms with Crippen molar-refractivity contribution in [1.29, 1.82) is 0 Å². The third-order valence-electron chi connectivity index (χ3n) is 3.23. The highest BCUT2D eigenvalue weighted by molar-refractivity contribution is 5.68. The van der Waals surface area contributed by atoms with E-state index >= 15 is 0 Å². The Kier molecular flexibility index (Phi) is 5.02. The smallest absolute Gasteiger partial charge is 0.407 e. The SMILES string of the molecule is CC1CCC(CO)(NC(=O)OCCO)CC1. The van der Waals surface area contributed by atoms with Gasteiger partial charge in [-0.05, 0) is 31.6 Å². The molecule has 94 valence electrons. The van der Waals surface area contributed by atoms with E-state index in [-0.39, 0.29) is 19.8 Å². The van der Waals surface area contributed by atoms with Gasteiger partial charge in [-0.3, -0.25) is 0 Å². The second kappa shape index (κ2) is 6.06. The van der Waals surface area contributed by atoms with Crippen LogP contribution in [-0.2, 0) is 4.74 Å². The van der Waals surface area contributed by atoms with Crippen LogP contribution in [-0.4, -0.2) is 41.7 Å². The Hall–Kier alpha value is -0.810. The van der Waals surface area contributed by atoms with Crippen molar-refractivity contribution >= 4 is 6.09 Å². The largest absolute Gasteiger partial charge is 0.447 e. The first kappa shape index (κ1) is 13.3. The zero-order valence-electron chi connectivity index (χ0n) is 9.74. The monoisotopic (exact) mass is 231 g/mol. The second-order valence-electron chi connectivity index (χ2n) is 4.61. The molecule has 5 nitrogen and oxygen atoms in total. The number of nitrogens with one attached hydrogen (secondary N) is 1. The molecule has 0 aliphatic heterocycles. The first-order chi connectivity index (χ1) is 7.62. The molecule has 0 radical (unpaired) electrons. The fourth-order valence-corrected chi connectivity index (χ4v) is 2.03. The highest BCUT2D eigenvalue weighted by Gasteiger charge is 2.35. The molecule has 0 bridgehead atoms. The van der Waals surface area contributed by atoms with Crippen LogP contribution in [0.25, 0.3) is 0 Å². The highest BCUT2D eigenvalue weighted by Crippen LogP contribution is 2.31. The molecule has 1 fully saturated rings. The molecule has 0 atom stereocenters. The minimum absolute atomic E-state index is 0.0102. The molecule has 1 saturated carbocycles. The van der Waals surface area contributed by atoms with Gasteiger partial charge in [0.25, 0.3) is 0 Å². The van der Waals surface area contributed by atoms with Crippen molar-refractivity contribution in [2.24, 2.45) is 5.92 Å². The molecule has 0 unspecified atom stereocenters. The molecule has 1 amide bonds. The fourth-order valence-electron chi connectivity index (χ4n) is 2.03. The molecule has 0 heterocycles. The molecule has 16 heavy (non-hydrogen) atoms. The lowest BCUT2D eigenvalue weighted by Crippen LogP contribution is -2.53. The van der Waals surface area contributed by atoms with Gasteiger partial charge in [-0.2, -0.15) is 0 Å². The van der Waals surface area contributed by atoms with Gasteiger partial charge in [-0.1, -0.05) is 6.92 Å². The van der Waals surface area contributed by atoms with Crippen molar-refractivity contribution in [2.75, 3.05) is 19.8 Å². The second-order valence-corrected chi connectivity index (χ2v) is 4.61. The Balaban J connectivity index is 2.44. The van der Waals surface area contributed by atoms with E-state index in [1.165, 1.54) is 0 Å². The highest BCUT2D eigenvalue weighted by atomic mass is 16.6. The van der Waals surface area contributed by atoms with E-state index in [9.17, 15) is 9.90 Å². The molecule has 0 spiro atoms. The predicted octanol–water partition coefficient (Wildman–Crippen LogP) is 0.646. The minimum atomic E-state index is -0.558. The normalized spacial score (nSPS) is 29.8. The zero-order chi connectivity index (χ0) is 12.0. The molecule has 0 aromatic heterocycles. The number of amides is 1. The minimum Gasteiger partial charge on any atom is -0.447 e. The molecule has 0 saturated heterocycles. The number of aliphatic hydroxyl groups excluding tert-OH is 2. The van der Waals surface area contributed by atoms with E-state index in [1.54, 1.807) is 0 Å². The maximum atomic E-state index is 11.4. The molecule has 3 N–H and O–H groups in total. The van der Waals surface area contributed by atoms with E-state index in [1.807, 2.05) is 0 Å². The summed E-state index contributed by atoms with van der Waals surface area (Å²) in [5, 5.41) is 20.6. The summed E-state index contributed by atoms with van der Waals surface area (Å²) >= 11 is 0. The van der Waals surface area contributed by atoms with Crippen molar-refractivity contribution in [3.8, 4) is 0 Å². The number of hydrogen-bond acceptors (Lipinski definition) is 4. The summed E-state index contributed by atoms with van der Waals surface area (Å²) in [6.45, 7) is 1.92. The Morgan fingerprint density at radius 3 is 2.56 bits per heavy atom. The Morgan fingerprint density at radius 1 is 1.44 bits per heavy atom. The Bertz CT molecular complexity index is 224. The first-order valence-corrected chi connectivity index (χ1v) is 5.78. The van der Waals surface area contributed by atoms with Crippen molar-refractivity contribution in [1.82, 2.24) is 5.32 Å². The van der Waals surface area contributed by atoms with Gasteiger partial charge in [-0.15, -0.1) is 0 Å². The van der Waals surface area contributed by atoms with Crippen LogP contribution in [0.5, 0.6) is 0 Å². The van der Waals surface area contributed by atoms with Crippen molar-refractivity contribution in [2.45, 2.75) is 38.1 Å². The molecule has 0 aromatic rings. The lowest BCUT2D eigenvalue weighted by Gasteiger charge is -2.38. The lowest BCUT2D eigenvalue weighted by atomic mass is 9.78. The summed E-state index contributed by atoms with van der Waals surface area (Å²) in [4.78, 5) is 11.4. The summed E-state index contributed by atoms with van der Waals surface area (Å²) in [5.74, 6) is 0.648. The molecule has 1 rings (SSSR count). The van der Waals surface area contributed by atoms with Gasteiger partial charge in [0.2, 0.25) is 0 Å². The number of ether oxygens (including phenoxy) is 1. The van der Waals surface area contributed by atoms with E-state index < -0.39 is 11.6 Å². The van der Waals surface area contributed by atoms with Crippen LogP contribution in [0.4, 0.5) is 4.79 Å². The van der Waals surface area contributed by atoms with E-state index in [2.05, 4.69) is 12.2 Å². The number of rotatable bonds is 4. The van der Waals surface area contributed by atoms with Crippen LogP contribution in [0, 0.1) is 5.92 Å². The summed E-state index contributed by atoms with van der Waals surface area (Å²) < 4.78 is 4.74. The average molecular weight is 231 g/mol. The third kappa shape index (κ3) is 3.64. The Morgan fingerprint density at radius 2 is 2.06 bits per heavy atom. The van der Waals surface area contributed by atoms with Crippen LogP contribution in [0.2, 0.25) is 0 Å². The lowest BCUT2D eigenvalue weighted by molar-refractivity contribution is 0.0753. The van der Waals surface area contributed by atoms with Gasteiger partial charge in [0, 0.05) is 0 Å².